The number of rotatable bonds is 6. The van der Waals surface area contributed by atoms with E-state index in [2.05, 4.69) is 16.0 Å². The van der Waals surface area contributed by atoms with Crippen molar-refractivity contribution in [3.8, 4) is 0 Å². The molecule has 1 aromatic carbocycles. The first-order valence-corrected chi connectivity index (χ1v) is 9.28. The maximum Gasteiger partial charge on any atom is 0.322 e. The van der Waals surface area contributed by atoms with Crippen LogP contribution in [0.3, 0.4) is 0 Å². The molecule has 1 aliphatic rings. The highest BCUT2D eigenvalue weighted by Gasteiger charge is 2.34. The van der Waals surface area contributed by atoms with Gasteiger partial charge in [-0.1, -0.05) is 18.5 Å². The van der Waals surface area contributed by atoms with E-state index in [9.17, 15) is 14.4 Å². The number of nitrogens with one attached hydrogen (secondary N) is 3. The van der Waals surface area contributed by atoms with Gasteiger partial charge in [-0.05, 0) is 44.4 Å². The molecule has 1 aromatic rings. The lowest BCUT2D eigenvalue weighted by atomic mass is 10.2. The predicted octanol–water partition coefficient (Wildman–Crippen LogP) is 2.61. The van der Waals surface area contributed by atoms with Crippen LogP contribution >= 0.6 is 11.6 Å². The largest absolute Gasteiger partial charge is 0.355 e. The van der Waals surface area contributed by atoms with Gasteiger partial charge >= 0.3 is 6.03 Å². The van der Waals surface area contributed by atoms with Gasteiger partial charge < -0.3 is 20.9 Å². The monoisotopic (exact) mass is 380 g/mol. The van der Waals surface area contributed by atoms with Crippen LogP contribution in [0, 0.1) is 0 Å². The van der Waals surface area contributed by atoms with E-state index in [0.29, 0.717) is 42.3 Å². The van der Waals surface area contributed by atoms with Crippen LogP contribution in [0.15, 0.2) is 18.2 Å². The molecule has 0 aliphatic carbocycles. The fourth-order valence-electron chi connectivity index (χ4n) is 2.86. The molecule has 0 spiro atoms. The summed E-state index contributed by atoms with van der Waals surface area (Å²) in [6.45, 7) is 5.40. The average molecular weight is 381 g/mol. The zero-order valence-electron chi connectivity index (χ0n) is 15.1. The second-order valence-corrected chi connectivity index (χ2v) is 6.53. The second-order valence-electron chi connectivity index (χ2n) is 6.13. The predicted molar refractivity (Wildman–Crippen MR) is 102 cm³/mol. The second kappa shape index (κ2) is 9.43. The number of benzene rings is 1. The van der Waals surface area contributed by atoms with Gasteiger partial charge in [-0.2, -0.15) is 0 Å². The molecule has 0 saturated carbocycles. The van der Waals surface area contributed by atoms with E-state index in [1.807, 2.05) is 13.8 Å². The summed E-state index contributed by atoms with van der Waals surface area (Å²) in [4.78, 5) is 38.3. The fraction of sp³-hybridized carbons (Fsp3) is 0.500. The standard InChI is InChI=1S/C18H25ClN4O3/c1-3-9-21-16(24)12-7-8-13(19)14(11-12)22-18(26)23-10-5-6-15(23)17(25)20-4-2/h7-8,11,15H,3-6,9-10H2,1-2H3,(H,20,25)(H,21,24)(H,22,26)/t15-/m0/s1. The average Bonchev–Trinajstić information content (AvgIpc) is 3.11. The number of hydrogen-bond acceptors (Lipinski definition) is 3. The molecule has 1 aliphatic heterocycles. The Morgan fingerprint density at radius 1 is 1.23 bits per heavy atom. The number of anilines is 1. The van der Waals surface area contributed by atoms with Crippen molar-refractivity contribution in [2.45, 2.75) is 39.2 Å². The van der Waals surface area contributed by atoms with Crippen LogP contribution in [0.25, 0.3) is 0 Å². The van der Waals surface area contributed by atoms with Crippen molar-refractivity contribution in [1.82, 2.24) is 15.5 Å². The highest BCUT2D eigenvalue weighted by atomic mass is 35.5. The molecule has 0 aromatic heterocycles. The molecule has 1 heterocycles. The number of hydrogen-bond donors (Lipinski definition) is 3. The third-order valence-electron chi connectivity index (χ3n) is 4.17. The Morgan fingerprint density at radius 2 is 2.00 bits per heavy atom. The van der Waals surface area contributed by atoms with Gasteiger partial charge in [-0.15, -0.1) is 0 Å². The van der Waals surface area contributed by atoms with Crippen LogP contribution in [-0.2, 0) is 4.79 Å². The first kappa shape index (κ1) is 20.0. The van der Waals surface area contributed by atoms with Crippen LogP contribution in [0.5, 0.6) is 0 Å². The number of halogens is 1. The Hall–Kier alpha value is -2.28. The van der Waals surface area contributed by atoms with Crippen LogP contribution in [-0.4, -0.2) is 48.4 Å². The number of nitrogens with zero attached hydrogens (tertiary/aromatic N) is 1. The van der Waals surface area contributed by atoms with Crippen molar-refractivity contribution < 1.29 is 14.4 Å². The summed E-state index contributed by atoms with van der Waals surface area (Å²) in [6, 6.07) is 3.85. The molecule has 1 fully saturated rings. The van der Waals surface area contributed by atoms with Crippen molar-refractivity contribution >= 4 is 35.1 Å². The first-order chi connectivity index (χ1) is 12.5. The molecule has 0 bridgehead atoms. The number of amides is 4. The van der Waals surface area contributed by atoms with E-state index in [1.165, 1.54) is 4.90 Å². The topological polar surface area (TPSA) is 90.5 Å². The van der Waals surface area contributed by atoms with Gasteiger partial charge in [-0.25, -0.2) is 4.79 Å². The number of carbonyl (C=O) groups is 3. The maximum atomic E-state index is 12.6. The van der Waals surface area contributed by atoms with E-state index in [-0.39, 0.29) is 11.8 Å². The summed E-state index contributed by atoms with van der Waals surface area (Å²) in [5, 5.41) is 8.59. The lowest BCUT2D eigenvalue weighted by Crippen LogP contribution is -2.47. The van der Waals surface area contributed by atoms with E-state index in [0.717, 1.165) is 12.8 Å². The van der Waals surface area contributed by atoms with E-state index in [1.54, 1.807) is 18.2 Å². The summed E-state index contributed by atoms with van der Waals surface area (Å²) in [6.07, 6.45) is 2.23. The van der Waals surface area contributed by atoms with Crippen molar-refractivity contribution in [3.63, 3.8) is 0 Å². The van der Waals surface area contributed by atoms with Crippen LogP contribution in [0.4, 0.5) is 10.5 Å². The van der Waals surface area contributed by atoms with Crippen LogP contribution in [0.1, 0.15) is 43.5 Å². The molecule has 26 heavy (non-hydrogen) atoms. The fourth-order valence-corrected chi connectivity index (χ4v) is 3.03. The number of likely N-dealkylation sites (N-methyl/N-ethyl adjacent to an activating group) is 1. The van der Waals surface area contributed by atoms with Gasteiger partial charge in [0.25, 0.3) is 5.91 Å². The van der Waals surface area contributed by atoms with E-state index in [4.69, 9.17) is 11.6 Å². The first-order valence-electron chi connectivity index (χ1n) is 8.91. The van der Waals surface area contributed by atoms with Gasteiger partial charge in [0, 0.05) is 25.2 Å². The molecule has 8 heteroatoms. The van der Waals surface area contributed by atoms with Crippen molar-refractivity contribution in [3.05, 3.63) is 28.8 Å². The maximum absolute atomic E-state index is 12.6. The molecular formula is C18H25ClN4O3. The van der Waals surface area contributed by atoms with E-state index >= 15 is 0 Å². The minimum atomic E-state index is -0.482. The van der Waals surface area contributed by atoms with E-state index < -0.39 is 12.1 Å². The number of urea groups is 1. The summed E-state index contributed by atoms with van der Waals surface area (Å²) in [5.74, 6) is -0.376. The highest BCUT2D eigenvalue weighted by Crippen LogP contribution is 2.25. The molecule has 1 saturated heterocycles. The summed E-state index contributed by atoms with van der Waals surface area (Å²) >= 11 is 6.16. The zero-order chi connectivity index (χ0) is 19.1. The van der Waals surface area contributed by atoms with Gasteiger partial charge in [0.2, 0.25) is 5.91 Å². The van der Waals surface area contributed by atoms with Crippen molar-refractivity contribution in [1.29, 1.82) is 0 Å². The van der Waals surface area contributed by atoms with Crippen molar-refractivity contribution in [2.24, 2.45) is 0 Å². The third-order valence-corrected chi connectivity index (χ3v) is 4.50. The quantitative estimate of drug-likeness (QED) is 0.708. The van der Waals surface area contributed by atoms with Gasteiger partial charge in [0.15, 0.2) is 0 Å². The lowest BCUT2D eigenvalue weighted by molar-refractivity contribution is -0.124. The Bertz CT molecular complexity index is 680. The molecule has 7 nitrogen and oxygen atoms in total. The number of likely N-dealkylation sites (tertiary alicyclic amines) is 1. The normalized spacial score (nSPS) is 16.3. The van der Waals surface area contributed by atoms with Crippen LogP contribution < -0.4 is 16.0 Å². The smallest absolute Gasteiger partial charge is 0.322 e. The molecule has 2 rings (SSSR count). The molecular weight excluding hydrogens is 356 g/mol. The molecule has 0 unspecified atom stereocenters. The zero-order valence-corrected chi connectivity index (χ0v) is 15.9. The third kappa shape index (κ3) is 4.88. The number of carbonyl (C=O) groups excluding carboxylic acids is 3. The van der Waals surface area contributed by atoms with Gasteiger partial charge in [0.05, 0.1) is 10.7 Å². The summed E-state index contributed by atoms with van der Waals surface area (Å²) in [5.41, 5.74) is 0.766. The Kier molecular flexibility index (Phi) is 7.26. The molecule has 4 amide bonds. The summed E-state index contributed by atoms with van der Waals surface area (Å²) < 4.78 is 0. The summed E-state index contributed by atoms with van der Waals surface area (Å²) in [7, 11) is 0. The van der Waals surface area contributed by atoms with Gasteiger partial charge in [0.1, 0.15) is 6.04 Å². The SMILES string of the molecule is CCCNC(=O)c1ccc(Cl)c(NC(=O)N2CCC[C@H]2C(=O)NCC)c1. The Morgan fingerprint density at radius 3 is 2.69 bits per heavy atom. The molecule has 1 atom stereocenters. The minimum absolute atomic E-state index is 0.154. The van der Waals surface area contributed by atoms with Crippen LogP contribution in [0.2, 0.25) is 5.02 Å². The molecule has 0 radical (unpaired) electrons. The molecule has 142 valence electrons. The van der Waals surface area contributed by atoms with Gasteiger partial charge in [-0.3, -0.25) is 9.59 Å². The lowest BCUT2D eigenvalue weighted by Gasteiger charge is -2.24. The molecule has 3 N–H and O–H groups in total. The van der Waals surface area contributed by atoms with Crippen molar-refractivity contribution in [2.75, 3.05) is 25.0 Å². The highest BCUT2D eigenvalue weighted by molar-refractivity contribution is 6.33. The Balaban J connectivity index is 2.10. The minimum Gasteiger partial charge on any atom is -0.355 e. The Labute approximate surface area is 158 Å².